The van der Waals surface area contributed by atoms with Crippen LogP contribution in [0, 0.1) is 0 Å². The lowest BCUT2D eigenvalue weighted by Gasteiger charge is -1.88. The van der Waals surface area contributed by atoms with Gasteiger partial charge in [0.15, 0.2) is 0 Å². The summed E-state index contributed by atoms with van der Waals surface area (Å²) in [7, 11) is 0. The molecule has 0 heteroatoms. The van der Waals surface area contributed by atoms with E-state index in [0.29, 0.717) is 0 Å². The van der Waals surface area contributed by atoms with Gasteiger partial charge in [-0.3, -0.25) is 0 Å². The molecule has 0 N–H and O–H groups in total. The summed E-state index contributed by atoms with van der Waals surface area (Å²) in [6.45, 7) is 21.4. The van der Waals surface area contributed by atoms with Crippen molar-refractivity contribution in [2.45, 2.75) is 48.5 Å². The van der Waals surface area contributed by atoms with E-state index in [1.165, 1.54) is 16.7 Å². The summed E-state index contributed by atoms with van der Waals surface area (Å²) < 4.78 is 0. The predicted molar refractivity (Wildman–Crippen MR) is 75.2 cm³/mol. The molecule has 0 aromatic rings. The Bertz CT molecular complexity index is 186. The van der Waals surface area contributed by atoms with E-state index in [2.05, 4.69) is 60.8 Å². The Balaban J connectivity index is -0.000000147. The fraction of sp³-hybridized carbons (Fsp3) is 0.467. The van der Waals surface area contributed by atoms with E-state index in [-0.39, 0.29) is 0 Å². The smallest absolute Gasteiger partial charge is 0.0440 e. The number of allylic oxidation sites excluding steroid dienone is 6. The molecule has 0 rings (SSSR count). The van der Waals surface area contributed by atoms with Gasteiger partial charge in [0.25, 0.3) is 0 Å². The Hall–Kier alpha value is -1.04. The molecule has 0 atom stereocenters. The highest BCUT2D eigenvalue weighted by Gasteiger charge is 1.75. The highest BCUT2D eigenvalue weighted by atomic mass is 13.8. The Kier molecular flexibility index (Phi) is 20.1. The standard InChI is InChI=1S/C6H12.C5H10.C4H6/c1-5(2)6(3)4;1-4-5(2)3;1-3-4-2/h1-4H3;4H,1-3H3;3-4H,1-2H2. The zero-order valence-corrected chi connectivity index (χ0v) is 11.6. The largest absolute Gasteiger partial charge is 0.0991 e. The summed E-state index contributed by atoms with van der Waals surface area (Å²) in [5.74, 6) is 0. The van der Waals surface area contributed by atoms with Crippen LogP contribution in [0.3, 0.4) is 0 Å². The third-order valence-corrected chi connectivity index (χ3v) is 1.74. The van der Waals surface area contributed by atoms with Crippen molar-refractivity contribution >= 4 is 0 Å². The van der Waals surface area contributed by atoms with Crippen LogP contribution in [0.4, 0.5) is 0 Å². The Morgan fingerprint density at radius 1 is 0.733 bits per heavy atom. The fourth-order valence-corrected chi connectivity index (χ4v) is 0. The molecular formula is C15H28. The molecule has 0 aromatic heterocycles. The number of rotatable bonds is 1. The Morgan fingerprint density at radius 2 is 0.933 bits per heavy atom. The van der Waals surface area contributed by atoms with Crippen LogP contribution < -0.4 is 0 Å². The zero-order valence-electron chi connectivity index (χ0n) is 11.6. The van der Waals surface area contributed by atoms with Crippen molar-refractivity contribution in [3.8, 4) is 0 Å². The maximum absolute atomic E-state index is 3.36. The molecule has 0 aromatic carbocycles. The first-order valence-electron chi connectivity index (χ1n) is 5.27. The van der Waals surface area contributed by atoms with E-state index in [0.717, 1.165) is 0 Å². The maximum atomic E-state index is 3.36. The summed E-state index contributed by atoms with van der Waals surface area (Å²) in [4.78, 5) is 0. The van der Waals surface area contributed by atoms with Crippen molar-refractivity contribution in [1.29, 1.82) is 0 Å². The summed E-state index contributed by atoms with van der Waals surface area (Å²) >= 11 is 0. The van der Waals surface area contributed by atoms with Gasteiger partial charge in [0.05, 0.1) is 0 Å². The molecule has 0 heterocycles. The highest BCUT2D eigenvalue weighted by Crippen LogP contribution is 1.96. The second kappa shape index (κ2) is 15.4. The van der Waals surface area contributed by atoms with Crippen LogP contribution in [-0.4, -0.2) is 0 Å². The molecule has 0 radical (unpaired) electrons. The normalized spacial score (nSPS) is 6.87. The van der Waals surface area contributed by atoms with Crippen LogP contribution in [-0.2, 0) is 0 Å². The third-order valence-electron chi connectivity index (χ3n) is 1.74. The van der Waals surface area contributed by atoms with Crippen LogP contribution in [0.5, 0.6) is 0 Å². The van der Waals surface area contributed by atoms with Crippen molar-refractivity contribution in [3.63, 3.8) is 0 Å². The van der Waals surface area contributed by atoms with Crippen LogP contribution in [0.2, 0.25) is 0 Å². The van der Waals surface area contributed by atoms with Gasteiger partial charge in [-0.05, 0) is 48.5 Å². The minimum Gasteiger partial charge on any atom is -0.0991 e. The molecular weight excluding hydrogens is 180 g/mol. The lowest BCUT2D eigenvalue weighted by molar-refractivity contribution is 1.23. The van der Waals surface area contributed by atoms with Crippen molar-refractivity contribution in [1.82, 2.24) is 0 Å². The second-order valence-corrected chi connectivity index (χ2v) is 3.84. The summed E-state index contributed by atoms with van der Waals surface area (Å²) in [5, 5.41) is 0. The number of hydrogen-bond donors (Lipinski definition) is 0. The average molecular weight is 208 g/mol. The van der Waals surface area contributed by atoms with Gasteiger partial charge in [0, 0.05) is 0 Å². The van der Waals surface area contributed by atoms with Gasteiger partial charge in [-0.2, -0.15) is 0 Å². The Morgan fingerprint density at radius 3 is 0.933 bits per heavy atom. The van der Waals surface area contributed by atoms with Gasteiger partial charge >= 0.3 is 0 Å². The molecule has 0 aliphatic rings. The highest BCUT2D eigenvalue weighted by molar-refractivity contribution is 5.02. The summed E-state index contributed by atoms with van der Waals surface area (Å²) in [6, 6.07) is 0. The summed E-state index contributed by atoms with van der Waals surface area (Å²) in [5.41, 5.74) is 4.23. The van der Waals surface area contributed by atoms with Gasteiger partial charge in [0.2, 0.25) is 0 Å². The van der Waals surface area contributed by atoms with Crippen molar-refractivity contribution in [3.05, 3.63) is 48.1 Å². The molecule has 0 aliphatic heterocycles. The third kappa shape index (κ3) is 43.8. The van der Waals surface area contributed by atoms with E-state index in [1.807, 2.05) is 6.92 Å². The van der Waals surface area contributed by atoms with E-state index in [9.17, 15) is 0 Å². The molecule has 0 nitrogen and oxygen atoms in total. The van der Waals surface area contributed by atoms with Crippen molar-refractivity contribution in [2.75, 3.05) is 0 Å². The molecule has 0 bridgehead atoms. The summed E-state index contributed by atoms with van der Waals surface area (Å²) in [6.07, 6.45) is 5.36. The molecule has 0 spiro atoms. The van der Waals surface area contributed by atoms with Gasteiger partial charge in [-0.1, -0.05) is 48.1 Å². The second-order valence-electron chi connectivity index (χ2n) is 3.84. The monoisotopic (exact) mass is 208 g/mol. The van der Waals surface area contributed by atoms with E-state index in [1.54, 1.807) is 12.2 Å². The first kappa shape index (κ1) is 19.5. The first-order chi connectivity index (χ1) is 6.83. The van der Waals surface area contributed by atoms with E-state index in [4.69, 9.17) is 0 Å². The van der Waals surface area contributed by atoms with Crippen molar-refractivity contribution < 1.29 is 0 Å². The van der Waals surface area contributed by atoms with E-state index < -0.39 is 0 Å². The predicted octanol–water partition coefficient (Wildman–Crippen LogP) is 5.69. The van der Waals surface area contributed by atoms with Crippen molar-refractivity contribution in [2.24, 2.45) is 0 Å². The minimum atomic E-state index is 1.38. The van der Waals surface area contributed by atoms with Crippen LogP contribution in [0.25, 0.3) is 0 Å². The molecule has 0 saturated carbocycles. The average Bonchev–Trinajstić information content (AvgIpc) is 2.19. The zero-order chi connectivity index (χ0) is 12.9. The van der Waals surface area contributed by atoms with Crippen LogP contribution in [0.1, 0.15) is 48.5 Å². The topological polar surface area (TPSA) is 0 Å². The quantitative estimate of drug-likeness (QED) is 0.383. The van der Waals surface area contributed by atoms with E-state index >= 15 is 0 Å². The molecule has 0 fully saturated rings. The van der Waals surface area contributed by atoms with Gasteiger partial charge < -0.3 is 0 Å². The molecule has 0 saturated heterocycles. The molecule has 88 valence electrons. The number of hydrogen-bond acceptors (Lipinski definition) is 0. The first-order valence-corrected chi connectivity index (χ1v) is 5.27. The van der Waals surface area contributed by atoms with Crippen LogP contribution in [0.15, 0.2) is 48.1 Å². The molecule has 15 heavy (non-hydrogen) atoms. The SMILES string of the molecule is C=CC=C.CC(C)=C(C)C.CC=C(C)C. The lowest BCUT2D eigenvalue weighted by atomic mass is 10.2. The van der Waals surface area contributed by atoms with Crippen LogP contribution >= 0.6 is 0 Å². The van der Waals surface area contributed by atoms with Gasteiger partial charge in [-0.25, -0.2) is 0 Å². The van der Waals surface area contributed by atoms with Gasteiger partial charge in [-0.15, -0.1) is 0 Å². The fourth-order valence-electron chi connectivity index (χ4n) is 0. The Labute approximate surface area is 97.1 Å². The molecule has 0 amide bonds. The molecule has 0 aliphatic carbocycles. The lowest BCUT2D eigenvalue weighted by Crippen LogP contribution is -1.66. The minimum absolute atomic E-state index is 1.38. The maximum Gasteiger partial charge on any atom is -0.0440 e. The van der Waals surface area contributed by atoms with Gasteiger partial charge in [0.1, 0.15) is 0 Å². The molecule has 0 unspecified atom stereocenters.